The molecule has 4 nitrogen and oxygen atoms in total. The molecule has 40 heavy (non-hydrogen) atoms. The van der Waals surface area contributed by atoms with Crippen molar-refractivity contribution < 1.29 is 0 Å². The van der Waals surface area contributed by atoms with Crippen molar-refractivity contribution in [3.05, 3.63) is 162 Å². The Balaban J connectivity index is 1.40. The lowest BCUT2D eigenvalue weighted by Crippen LogP contribution is -2.36. The van der Waals surface area contributed by atoms with E-state index in [-0.39, 0.29) is 0 Å². The van der Waals surface area contributed by atoms with Crippen LogP contribution in [0.5, 0.6) is 0 Å². The molecule has 0 saturated heterocycles. The number of fused-ring (bicyclic) bond motifs is 1. The number of hydrogen-bond acceptors (Lipinski definition) is 4. The number of nitrogens with zero attached hydrogens (tertiary/aromatic N) is 2. The monoisotopic (exact) mass is 516 g/mol. The molecule has 0 fully saturated rings. The van der Waals surface area contributed by atoms with Gasteiger partial charge in [-0.1, -0.05) is 133 Å². The molecule has 4 heteroatoms. The van der Waals surface area contributed by atoms with Crippen LogP contribution in [-0.2, 0) is 0 Å². The third-order valence-electron chi connectivity index (χ3n) is 7.38. The number of dihydropyridines is 1. The second-order valence-corrected chi connectivity index (χ2v) is 9.92. The molecule has 0 aliphatic carbocycles. The van der Waals surface area contributed by atoms with Crippen molar-refractivity contribution in [3.63, 3.8) is 0 Å². The zero-order chi connectivity index (χ0) is 26.7. The summed E-state index contributed by atoms with van der Waals surface area (Å²) in [6.07, 6.45) is 5.97. The number of benzene rings is 5. The lowest BCUT2D eigenvalue weighted by molar-refractivity contribution is 0.764. The fourth-order valence-electron chi connectivity index (χ4n) is 5.38. The third-order valence-corrected chi connectivity index (χ3v) is 7.38. The van der Waals surface area contributed by atoms with Gasteiger partial charge in [-0.3, -0.25) is 0 Å². The predicted octanol–water partition coefficient (Wildman–Crippen LogP) is 7.50. The Morgan fingerprint density at radius 2 is 1.20 bits per heavy atom. The molecule has 0 saturated carbocycles. The van der Waals surface area contributed by atoms with Crippen molar-refractivity contribution >= 4 is 28.0 Å². The van der Waals surface area contributed by atoms with Gasteiger partial charge in [-0.2, -0.15) is 0 Å². The van der Waals surface area contributed by atoms with Gasteiger partial charge in [0, 0.05) is 29.4 Å². The lowest BCUT2D eigenvalue weighted by atomic mass is 9.91. The van der Waals surface area contributed by atoms with E-state index in [2.05, 4.69) is 114 Å². The van der Waals surface area contributed by atoms with E-state index in [1.807, 2.05) is 36.4 Å². The van der Waals surface area contributed by atoms with E-state index in [1.54, 1.807) is 0 Å². The Bertz CT molecular complexity index is 1740. The number of rotatable bonds is 5. The molecule has 0 atom stereocenters. The molecule has 2 aliphatic rings. The topological polar surface area (TPSA) is 48.8 Å². The first-order valence-corrected chi connectivity index (χ1v) is 13.6. The summed E-state index contributed by atoms with van der Waals surface area (Å²) >= 11 is 0. The van der Waals surface area contributed by atoms with Gasteiger partial charge in [-0.25, -0.2) is 9.98 Å². The first-order valence-electron chi connectivity index (χ1n) is 13.6. The third kappa shape index (κ3) is 4.61. The SMILES string of the molecule is C1=CC(c2ccc(-c3ccc4ccccc4c3C3N=C(c4ccccc4)NC(c4ccccc4)=N3)cc2)=CNC1. The Morgan fingerprint density at radius 1 is 0.575 bits per heavy atom. The van der Waals surface area contributed by atoms with E-state index in [0.717, 1.165) is 51.4 Å². The molecule has 192 valence electrons. The molecule has 0 spiro atoms. The van der Waals surface area contributed by atoms with Gasteiger partial charge < -0.3 is 10.6 Å². The Hall–Kier alpha value is -5.22. The maximum absolute atomic E-state index is 5.22. The van der Waals surface area contributed by atoms with Crippen molar-refractivity contribution in [1.29, 1.82) is 0 Å². The fraction of sp³-hybridized carbons (Fsp3) is 0.0556. The molecule has 5 aromatic carbocycles. The standard InChI is InChI=1S/C36H28N4/c1-3-11-28(12-4-1)34-38-35(29-13-5-2-6-14-29)40-36(39-34)33-31-16-8-7-10-26(31)21-22-32(33)27-19-17-25(18-20-27)30-15-9-23-37-24-30/h1-22,24,36-37H,23H2,(H,38,39,40). The number of allylic oxidation sites excluding steroid dienone is 2. The Kier molecular flexibility index (Phi) is 6.27. The van der Waals surface area contributed by atoms with Crippen LogP contribution in [-0.4, -0.2) is 18.2 Å². The van der Waals surface area contributed by atoms with Crippen LogP contribution in [0.3, 0.4) is 0 Å². The molecule has 2 N–H and O–H groups in total. The van der Waals surface area contributed by atoms with Gasteiger partial charge in [-0.15, -0.1) is 0 Å². The van der Waals surface area contributed by atoms with Crippen LogP contribution in [0.25, 0.3) is 27.5 Å². The number of amidine groups is 2. The number of aliphatic imine (C=N–C) groups is 2. The van der Waals surface area contributed by atoms with Crippen LogP contribution in [0.15, 0.2) is 150 Å². The van der Waals surface area contributed by atoms with Gasteiger partial charge in [0.15, 0.2) is 6.17 Å². The first kappa shape index (κ1) is 23.9. The van der Waals surface area contributed by atoms with Crippen molar-refractivity contribution in [2.75, 3.05) is 6.54 Å². The van der Waals surface area contributed by atoms with Crippen LogP contribution in [0, 0.1) is 0 Å². The van der Waals surface area contributed by atoms with Gasteiger partial charge in [-0.05, 0) is 33.0 Å². The van der Waals surface area contributed by atoms with E-state index in [9.17, 15) is 0 Å². The molecule has 0 aromatic heterocycles. The molecule has 0 amide bonds. The molecule has 2 heterocycles. The van der Waals surface area contributed by atoms with Gasteiger partial charge >= 0.3 is 0 Å². The molecule has 2 aliphatic heterocycles. The summed E-state index contributed by atoms with van der Waals surface area (Å²) in [4.78, 5) is 10.4. The minimum absolute atomic E-state index is 0.416. The summed E-state index contributed by atoms with van der Waals surface area (Å²) in [5.74, 6) is 1.63. The van der Waals surface area contributed by atoms with E-state index in [0.29, 0.717) is 0 Å². The van der Waals surface area contributed by atoms with Crippen LogP contribution in [0.2, 0.25) is 0 Å². The molecular weight excluding hydrogens is 488 g/mol. The predicted molar refractivity (Wildman–Crippen MR) is 166 cm³/mol. The van der Waals surface area contributed by atoms with Crippen LogP contribution in [0.1, 0.15) is 28.4 Å². The highest BCUT2D eigenvalue weighted by atomic mass is 15.2. The average Bonchev–Trinajstić information content (AvgIpc) is 3.05. The maximum Gasteiger partial charge on any atom is 0.170 e. The summed E-state index contributed by atoms with van der Waals surface area (Å²) < 4.78 is 0. The zero-order valence-corrected chi connectivity index (χ0v) is 22.0. The van der Waals surface area contributed by atoms with Gasteiger partial charge in [0.05, 0.1) is 0 Å². The Morgan fingerprint density at radius 3 is 1.85 bits per heavy atom. The lowest BCUT2D eigenvalue weighted by Gasteiger charge is -2.25. The number of nitrogens with one attached hydrogen (secondary N) is 2. The van der Waals surface area contributed by atoms with Gasteiger partial charge in [0.25, 0.3) is 0 Å². The summed E-state index contributed by atoms with van der Waals surface area (Å²) in [5.41, 5.74) is 7.82. The highest BCUT2D eigenvalue weighted by Gasteiger charge is 2.25. The second-order valence-electron chi connectivity index (χ2n) is 9.92. The largest absolute Gasteiger partial charge is 0.387 e. The molecule has 0 bridgehead atoms. The molecule has 0 radical (unpaired) electrons. The number of hydrogen-bond donors (Lipinski definition) is 2. The average molecular weight is 517 g/mol. The van der Waals surface area contributed by atoms with Crippen molar-refractivity contribution in [3.8, 4) is 11.1 Å². The minimum Gasteiger partial charge on any atom is -0.387 e. The van der Waals surface area contributed by atoms with Crippen LogP contribution in [0.4, 0.5) is 0 Å². The molecule has 0 unspecified atom stereocenters. The smallest absolute Gasteiger partial charge is 0.170 e. The van der Waals surface area contributed by atoms with E-state index in [4.69, 9.17) is 9.98 Å². The van der Waals surface area contributed by atoms with Gasteiger partial charge in [0.1, 0.15) is 11.7 Å². The molecule has 7 rings (SSSR count). The molecular formula is C36H28N4. The minimum atomic E-state index is -0.416. The van der Waals surface area contributed by atoms with Crippen LogP contribution < -0.4 is 10.6 Å². The van der Waals surface area contributed by atoms with E-state index in [1.165, 1.54) is 16.5 Å². The van der Waals surface area contributed by atoms with Crippen molar-refractivity contribution in [2.45, 2.75) is 6.17 Å². The quantitative estimate of drug-likeness (QED) is 0.254. The van der Waals surface area contributed by atoms with Crippen molar-refractivity contribution in [1.82, 2.24) is 10.6 Å². The van der Waals surface area contributed by atoms with E-state index >= 15 is 0 Å². The first-order chi connectivity index (χ1) is 19.8. The van der Waals surface area contributed by atoms with Gasteiger partial charge in [0.2, 0.25) is 0 Å². The summed E-state index contributed by atoms with van der Waals surface area (Å²) in [6, 6.07) is 42.3. The molecule has 5 aromatic rings. The normalized spacial score (nSPS) is 15.1. The summed E-state index contributed by atoms with van der Waals surface area (Å²) in [5, 5.41) is 9.15. The second kappa shape index (κ2) is 10.5. The zero-order valence-electron chi connectivity index (χ0n) is 22.0. The van der Waals surface area contributed by atoms with Crippen molar-refractivity contribution in [2.24, 2.45) is 9.98 Å². The highest BCUT2D eigenvalue weighted by molar-refractivity contribution is 6.16. The van der Waals surface area contributed by atoms with E-state index < -0.39 is 6.17 Å². The summed E-state index contributed by atoms with van der Waals surface area (Å²) in [6.45, 7) is 0.870. The fourth-order valence-corrected chi connectivity index (χ4v) is 5.38. The maximum atomic E-state index is 5.22. The highest BCUT2D eigenvalue weighted by Crippen LogP contribution is 2.38. The Labute approximate surface area is 234 Å². The van der Waals surface area contributed by atoms with Crippen LogP contribution >= 0.6 is 0 Å². The summed E-state index contributed by atoms with van der Waals surface area (Å²) in [7, 11) is 0.